The Kier molecular flexibility index (Phi) is 7.04. The summed E-state index contributed by atoms with van der Waals surface area (Å²) in [5, 5.41) is 0. The van der Waals surface area contributed by atoms with Gasteiger partial charge in [0.15, 0.2) is 0 Å². The lowest BCUT2D eigenvalue weighted by Crippen LogP contribution is -2.50. The second-order valence-electron chi connectivity index (χ2n) is 6.09. The van der Waals surface area contributed by atoms with Crippen LogP contribution in [0.4, 0.5) is 4.79 Å². The maximum atomic E-state index is 12.0. The number of carbonyl (C=O) groups excluding carboxylic acids is 1. The predicted molar refractivity (Wildman–Crippen MR) is 81.2 cm³/mol. The molecule has 1 heterocycles. The molecular formula is C13H26N2O6S. The summed E-state index contributed by atoms with van der Waals surface area (Å²) < 4.78 is 41.7. The molecule has 130 valence electrons. The highest BCUT2D eigenvalue weighted by molar-refractivity contribution is 7.89. The third-order valence-corrected chi connectivity index (χ3v) is 4.28. The molecule has 0 spiro atoms. The second kappa shape index (κ2) is 8.09. The molecule has 0 aromatic rings. The summed E-state index contributed by atoms with van der Waals surface area (Å²) in [5.74, 6) is -0.198. The summed E-state index contributed by atoms with van der Waals surface area (Å²) in [5.41, 5.74) is -0.585. The average Bonchev–Trinajstić information content (AvgIpc) is 2.36. The molecule has 9 heteroatoms. The van der Waals surface area contributed by atoms with Crippen LogP contribution in [0, 0.1) is 0 Å². The molecule has 0 saturated carbocycles. The van der Waals surface area contributed by atoms with Gasteiger partial charge >= 0.3 is 6.09 Å². The Morgan fingerprint density at radius 2 is 2.09 bits per heavy atom. The number of sulfonamides is 1. The quantitative estimate of drug-likeness (QED) is 0.695. The van der Waals surface area contributed by atoms with E-state index in [0.717, 1.165) is 0 Å². The molecule has 1 atom stereocenters. The fourth-order valence-electron chi connectivity index (χ4n) is 1.92. The van der Waals surface area contributed by atoms with Crippen molar-refractivity contribution in [3.63, 3.8) is 0 Å². The standard InChI is InChI=1S/C13H26N2O6S/c1-13(2,3)21-12(16)15-6-8-20-11(9-15)10-22(17,18)14-5-7-19-4/h11,14H,5-10H2,1-4H3/t11-/m0/s1. The van der Waals surface area contributed by atoms with Crippen LogP contribution >= 0.6 is 0 Å². The van der Waals surface area contributed by atoms with Crippen LogP contribution in [0.1, 0.15) is 20.8 Å². The first-order chi connectivity index (χ1) is 10.1. The van der Waals surface area contributed by atoms with Gasteiger partial charge in [0.1, 0.15) is 5.60 Å². The molecule has 0 unspecified atom stereocenters. The molecule has 0 aromatic carbocycles. The minimum Gasteiger partial charge on any atom is -0.444 e. The SMILES string of the molecule is COCCNS(=O)(=O)C[C@@H]1CN(C(=O)OC(C)(C)C)CCO1. The Bertz CT molecular complexity index is 460. The van der Waals surface area contributed by atoms with Gasteiger partial charge in [-0.3, -0.25) is 0 Å². The third kappa shape index (κ3) is 7.39. The van der Waals surface area contributed by atoms with Gasteiger partial charge in [-0.25, -0.2) is 17.9 Å². The molecule has 1 aliphatic rings. The van der Waals surface area contributed by atoms with Crippen LogP contribution in [-0.4, -0.2) is 76.8 Å². The van der Waals surface area contributed by atoms with Crippen molar-refractivity contribution in [2.75, 3.05) is 45.7 Å². The van der Waals surface area contributed by atoms with E-state index in [9.17, 15) is 13.2 Å². The van der Waals surface area contributed by atoms with Crippen LogP contribution in [0.25, 0.3) is 0 Å². The molecule has 0 radical (unpaired) electrons. The van der Waals surface area contributed by atoms with E-state index in [1.165, 1.54) is 12.0 Å². The monoisotopic (exact) mass is 338 g/mol. The number of nitrogens with one attached hydrogen (secondary N) is 1. The van der Waals surface area contributed by atoms with Crippen LogP contribution in [0.15, 0.2) is 0 Å². The highest BCUT2D eigenvalue weighted by atomic mass is 32.2. The highest BCUT2D eigenvalue weighted by Gasteiger charge is 2.30. The first kappa shape index (κ1) is 19.1. The maximum absolute atomic E-state index is 12.0. The summed E-state index contributed by atoms with van der Waals surface area (Å²) in [4.78, 5) is 13.5. The number of methoxy groups -OCH3 is 1. The lowest BCUT2D eigenvalue weighted by Gasteiger charge is -2.34. The molecule has 1 aliphatic heterocycles. The molecular weight excluding hydrogens is 312 g/mol. The number of hydrogen-bond acceptors (Lipinski definition) is 6. The number of rotatable bonds is 6. The predicted octanol–water partition coefficient (Wildman–Crippen LogP) is 0.188. The van der Waals surface area contributed by atoms with Crippen molar-refractivity contribution in [1.82, 2.24) is 9.62 Å². The summed E-state index contributed by atoms with van der Waals surface area (Å²) in [6, 6.07) is 0. The van der Waals surface area contributed by atoms with E-state index in [1.54, 1.807) is 20.8 Å². The van der Waals surface area contributed by atoms with Crippen LogP contribution in [0.5, 0.6) is 0 Å². The van der Waals surface area contributed by atoms with Crippen molar-refractivity contribution in [2.45, 2.75) is 32.5 Å². The largest absolute Gasteiger partial charge is 0.444 e. The Labute approximate surface area is 132 Å². The zero-order valence-electron chi connectivity index (χ0n) is 13.6. The van der Waals surface area contributed by atoms with E-state index < -0.39 is 27.8 Å². The first-order valence-electron chi connectivity index (χ1n) is 7.19. The van der Waals surface area contributed by atoms with E-state index in [1.807, 2.05) is 0 Å². The molecule has 1 N–H and O–H groups in total. The van der Waals surface area contributed by atoms with Crippen LogP contribution in [0.3, 0.4) is 0 Å². The third-order valence-electron chi connectivity index (χ3n) is 2.82. The van der Waals surface area contributed by atoms with Gasteiger partial charge in [-0.1, -0.05) is 0 Å². The van der Waals surface area contributed by atoms with Crippen molar-refractivity contribution in [2.24, 2.45) is 0 Å². The fourth-order valence-corrected chi connectivity index (χ4v) is 3.12. The van der Waals surface area contributed by atoms with Gasteiger partial charge in [-0.15, -0.1) is 0 Å². The van der Waals surface area contributed by atoms with Crippen LogP contribution < -0.4 is 4.72 Å². The summed E-state index contributed by atoms with van der Waals surface area (Å²) in [7, 11) is -1.97. The summed E-state index contributed by atoms with van der Waals surface area (Å²) in [6.45, 7) is 6.74. The van der Waals surface area contributed by atoms with Crippen molar-refractivity contribution in [3.05, 3.63) is 0 Å². The molecule has 1 saturated heterocycles. The number of hydrogen-bond donors (Lipinski definition) is 1. The lowest BCUT2D eigenvalue weighted by molar-refractivity contribution is -0.0343. The normalized spacial score (nSPS) is 20.0. The van der Waals surface area contributed by atoms with Crippen molar-refractivity contribution < 1.29 is 27.4 Å². The molecule has 22 heavy (non-hydrogen) atoms. The number of morpholine rings is 1. The van der Waals surface area contributed by atoms with E-state index in [0.29, 0.717) is 13.2 Å². The van der Waals surface area contributed by atoms with E-state index in [2.05, 4.69) is 4.72 Å². The molecule has 0 aromatic heterocycles. The number of ether oxygens (including phenoxy) is 3. The molecule has 1 amide bonds. The lowest BCUT2D eigenvalue weighted by atomic mass is 10.2. The van der Waals surface area contributed by atoms with Crippen molar-refractivity contribution >= 4 is 16.1 Å². The number of carbonyl (C=O) groups is 1. The summed E-state index contributed by atoms with van der Waals surface area (Å²) in [6.07, 6.45) is -1.02. The van der Waals surface area contributed by atoms with Gasteiger partial charge in [0.05, 0.1) is 31.6 Å². The minimum atomic E-state index is -3.47. The zero-order valence-corrected chi connectivity index (χ0v) is 14.4. The number of nitrogens with zero attached hydrogens (tertiary/aromatic N) is 1. The van der Waals surface area contributed by atoms with Gasteiger partial charge < -0.3 is 19.1 Å². The molecule has 1 fully saturated rings. The van der Waals surface area contributed by atoms with Crippen molar-refractivity contribution in [3.8, 4) is 0 Å². The smallest absolute Gasteiger partial charge is 0.410 e. The molecule has 1 rings (SSSR count). The Hall–Kier alpha value is -0.900. The van der Waals surface area contributed by atoms with E-state index >= 15 is 0 Å². The second-order valence-corrected chi connectivity index (χ2v) is 7.94. The molecule has 0 aliphatic carbocycles. The van der Waals surface area contributed by atoms with Crippen molar-refractivity contribution in [1.29, 1.82) is 0 Å². The highest BCUT2D eigenvalue weighted by Crippen LogP contribution is 2.13. The fraction of sp³-hybridized carbons (Fsp3) is 0.923. The van der Waals surface area contributed by atoms with Gasteiger partial charge in [-0.05, 0) is 20.8 Å². The minimum absolute atomic E-state index is 0.195. The number of amides is 1. The van der Waals surface area contributed by atoms with Gasteiger partial charge in [0, 0.05) is 20.2 Å². The summed E-state index contributed by atoms with van der Waals surface area (Å²) >= 11 is 0. The Morgan fingerprint density at radius 1 is 1.41 bits per heavy atom. The van der Waals surface area contributed by atoms with Gasteiger partial charge in [-0.2, -0.15) is 0 Å². The van der Waals surface area contributed by atoms with E-state index in [4.69, 9.17) is 14.2 Å². The zero-order chi connectivity index (χ0) is 16.8. The first-order valence-corrected chi connectivity index (χ1v) is 8.84. The van der Waals surface area contributed by atoms with Gasteiger partial charge in [0.25, 0.3) is 0 Å². The van der Waals surface area contributed by atoms with Crippen LogP contribution in [0.2, 0.25) is 0 Å². The topological polar surface area (TPSA) is 94.2 Å². The Morgan fingerprint density at radius 3 is 2.68 bits per heavy atom. The average molecular weight is 338 g/mol. The maximum Gasteiger partial charge on any atom is 0.410 e. The molecule has 8 nitrogen and oxygen atoms in total. The van der Waals surface area contributed by atoms with Crippen LogP contribution in [-0.2, 0) is 24.2 Å². The molecule has 0 bridgehead atoms. The van der Waals surface area contributed by atoms with E-state index in [-0.39, 0.29) is 25.4 Å². The Balaban J connectivity index is 2.51. The van der Waals surface area contributed by atoms with Gasteiger partial charge in [0.2, 0.25) is 10.0 Å².